The summed E-state index contributed by atoms with van der Waals surface area (Å²) in [6.45, 7) is 1.25. The minimum Gasteiger partial charge on any atom is -0.511 e. The summed E-state index contributed by atoms with van der Waals surface area (Å²) in [6.07, 6.45) is 0. The molecule has 4 nitrogen and oxygen atoms in total. The van der Waals surface area contributed by atoms with Crippen LogP contribution in [0.5, 0.6) is 0 Å². The van der Waals surface area contributed by atoms with E-state index in [1.807, 2.05) is 0 Å². The van der Waals surface area contributed by atoms with Crippen LogP contribution in [0.1, 0.15) is 6.92 Å². The second kappa shape index (κ2) is 5.58. The molecule has 0 saturated heterocycles. The number of allylic oxidation sites excluding steroid dienone is 1. The number of nitriles is 1. The first-order valence-electron chi connectivity index (χ1n) is 4.52. The second-order valence-corrected chi connectivity index (χ2v) is 3.99. The van der Waals surface area contributed by atoms with Crippen molar-refractivity contribution in [1.29, 1.82) is 5.26 Å². The Balaban J connectivity index is 3.01. The third-order valence-corrected chi connectivity index (χ3v) is 2.44. The first kappa shape index (κ1) is 13.4. The zero-order valence-corrected chi connectivity index (χ0v) is 10.3. The van der Waals surface area contributed by atoms with Crippen LogP contribution in [-0.4, -0.2) is 11.0 Å². The molecule has 0 radical (unpaired) electrons. The number of nitrogens with zero attached hydrogens (tertiary/aromatic N) is 1. The lowest BCUT2D eigenvalue weighted by atomic mass is 10.2. The number of anilines is 1. The molecule has 0 atom stereocenters. The van der Waals surface area contributed by atoms with Crippen molar-refractivity contribution in [3.63, 3.8) is 0 Å². The lowest BCUT2D eigenvalue weighted by molar-refractivity contribution is -0.112. The van der Waals surface area contributed by atoms with Crippen molar-refractivity contribution in [2.75, 3.05) is 5.32 Å². The van der Waals surface area contributed by atoms with E-state index in [0.29, 0.717) is 5.02 Å². The van der Waals surface area contributed by atoms with Gasteiger partial charge in [-0.2, -0.15) is 5.26 Å². The van der Waals surface area contributed by atoms with Gasteiger partial charge in [0.25, 0.3) is 5.91 Å². The Morgan fingerprint density at radius 2 is 2.12 bits per heavy atom. The third-order valence-electron chi connectivity index (χ3n) is 1.88. The van der Waals surface area contributed by atoms with Crippen LogP contribution in [0.4, 0.5) is 5.69 Å². The number of aliphatic hydroxyl groups excluding tert-OH is 1. The fraction of sp³-hybridized carbons (Fsp3) is 0.0909. The van der Waals surface area contributed by atoms with Gasteiger partial charge in [0.2, 0.25) is 0 Å². The van der Waals surface area contributed by atoms with Crippen molar-refractivity contribution in [2.45, 2.75) is 6.92 Å². The van der Waals surface area contributed by atoms with Crippen LogP contribution in [0, 0.1) is 11.3 Å². The van der Waals surface area contributed by atoms with Crippen molar-refractivity contribution >= 4 is 34.8 Å². The Bertz CT molecular complexity index is 529. The molecule has 0 saturated carbocycles. The first-order valence-corrected chi connectivity index (χ1v) is 5.27. The maximum Gasteiger partial charge on any atom is 0.269 e. The van der Waals surface area contributed by atoms with Crippen molar-refractivity contribution in [3.05, 3.63) is 39.6 Å². The minimum atomic E-state index is -0.739. The van der Waals surface area contributed by atoms with Gasteiger partial charge in [-0.25, -0.2) is 0 Å². The van der Waals surface area contributed by atoms with Crippen LogP contribution in [0.3, 0.4) is 0 Å². The molecular formula is C11H8Cl2N2O2. The van der Waals surface area contributed by atoms with Crippen LogP contribution >= 0.6 is 23.2 Å². The highest BCUT2D eigenvalue weighted by Gasteiger charge is 2.14. The van der Waals surface area contributed by atoms with Crippen molar-refractivity contribution in [1.82, 2.24) is 0 Å². The largest absolute Gasteiger partial charge is 0.511 e. The van der Waals surface area contributed by atoms with Crippen LogP contribution in [0.2, 0.25) is 10.0 Å². The summed E-state index contributed by atoms with van der Waals surface area (Å²) in [5.41, 5.74) is -0.0980. The highest BCUT2D eigenvalue weighted by atomic mass is 35.5. The minimum absolute atomic E-state index is 0.276. The van der Waals surface area contributed by atoms with E-state index in [9.17, 15) is 4.79 Å². The number of benzene rings is 1. The summed E-state index contributed by atoms with van der Waals surface area (Å²) in [5.74, 6) is -1.10. The SMILES string of the molecule is C/C(O)=C(/C#N)C(=O)Nc1cc(Cl)ccc1Cl. The quantitative estimate of drug-likeness (QED) is 0.492. The van der Waals surface area contributed by atoms with E-state index in [-0.39, 0.29) is 22.0 Å². The molecule has 1 aromatic rings. The molecule has 0 aliphatic carbocycles. The average Bonchev–Trinajstić information content (AvgIpc) is 2.24. The zero-order chi connectivity index (χ0) is 13.0. The van der Waals surface area contributed by atoms with Crippen LogP contribution in [0.15, 0.2) is 29.5 Å². The number of hydrogen-bond donors (Lipinski definition) is 2. The number of halogens is 2. The summed E-state index contributed by atoms with van der Waals surface area (Å²) in [4.78, 5) is 11.6. The Morgan fingerprint density at radius 1 is 1.47 bits per heavy atom. The number of nitrogens with one attached hydrogen (secondary N) is 1. The van der Waals surface area contributed by atoms with Crippen LogP contribution in [-0.2, 0) is 4.79 Å². The number of hydrogen-bond acceptors (Lipinski definition) is 3. The van der Waals surface area contributed by atoms with Crippen molar-refractivity contribution in [3.8, 4) is 6.07 Å². The summed E-state index contributed by atoms with van der Waals surface area (Å²) in [5, 5.41) is 20.9. The van der Waals surface area contributed by atoms with Gasteiger partial charge in [0.15, 0.2) is 5.57 Å². The molecule has 17 heavy (non-hydrogen) atoms. The summed E-state index contributed by atoms with van der Waals surface area (Å²) < 4.78 is 0. The monoisotopic (exact) mass is 270 g/mol. The lowest BCUT2D eigenvalue weighted by Gasteiger charge is -2.07. The molecular weight excluding hydrogens is 263 g/mol. The van der Waals surface area contributed by atoms with E-state index in [2.05, 4.69) is 5.32 Å². The van der Waals surface area contributed by atoms with E-state index in [1.165, 1.54) is 19.1 Å². The van der Waals surface area contributed by atoms with E-state index >= 15 is 0 Å². The van der Waals surface area contributed by atoms with E-state index < -0.39 is 5.91 Å². The molecule has 1 rings (SSSR count). The van der Waals surface area contributed by atoms with Gasteiger partial charge >= 0.3 is 0 Å². The van der Waals surface area contributed by atoms with E-state index in [0.717, 1.165) is 0 Å². The molecule has 0 spiro atoms. The molecule has 0 bridgehead atoms. The lowest BCUT2D eigenvalue weighted by Crippen LogP contribution is -2.15. The standard InChI is InChI=1S/C11H8Cl2N2O2/c1-6(16)8(5-14)11(17)15-10-4-7(12)2-3-9(10)13/h2-4,16H,1H3,(H,15,17)/b8-6+. The Hall–Kier alpha value is -1.70. The molecule has 2 N–H and O–H groups in total. The first-order chi connectivity index (χ1) is 7.95. The maximum absolute atomic E-state index is 11.6. The van der Waals surface area contributed by atoms with Crippen LogP contribution in [0.25, 0.3) is 0 Å². The summed E-state index contributed by atoms with van der Waals surface area (Å²) >= 11 is 11.6. The third kappa shape index (κ3) is 3.38. The molecule has 6 heteroatoms. The molecule has 0 heterocycles. The molecule has 0 aliphatic heterocycles. The van der Waals surface area contributed by atoms with Gasteiger partial charge in [-0.05, 0) is 25.1 Å². The predicted molar refractivity (Wildman–Crippen MR) is 66.0 cm³/mol. The molecule has 1 amide bonds. The molecule has 88 valence electrons. The topological polar surface area (TPSA) is 73.1 Å². The van der Waals surface area contributed by atoms with Crippen LogP contribution < -0.4 is 5.32 Å². The highest BCUT2D eigenvalue weighted by molar-refractivity contribution is 6.35. The zero-order valence-electron chi connectivity index (χ0n) is 8.79. The summed E-state index contributed by atoms with van der Waals surface area (Å²) in [6, 6.07) is 6.13. The average molecular weight is 271 g/mol. The number of carbonyl (C=O) groups is 1. The molecule has 1 aromatic carbocycles. The van der Waals surface area contributed by atoms with E-state index in [4.69, 9.17) is 33.6 Å². The van der Waals surface area contributed by atoms with Crippen molar-refractivity contribution in [2.24, 2.45) is 0 Å². The summed E-state index contributed by atoms with van der Waals surface area (Å²) in [7, 11) is 0. The van der Waals surface area contributed by atoms with E-state index in [1.54, 1.807) is 12.1 Å². The molecule has 0 aromatic heterocycles. The fourth-order valence-corrected chi connectivity index (χ4v) is 1.41. The molecule has 0 unspecified atom stereocenters. The maximum atomic E-state index is 11.6. The number of aliphatic hydroxyl groups is 1. The van der Waals surface area contributed by atoms with Gasteiger partial charge in [0.1, 0.15) is 11.8 Å². The molecule has 0 fully saturated rings. The normalized spacial score (nSPS) is 11.4. The van der Waals surface area contributed by atoms with Gasteiger partial charge in [-0.1, -0.05) is 23.2 Å². The second-order valence-electron chi connectivity index (χ2n) is 3.15. The Kier molecular flexibility index (Phi) is 4.38. The number of carbonyl (C=O) groups excluding carboxylic acids is 1. The highest BCUT2D eigenvalue weighted by Crippen LogP contribution is 2.25. The Morgan fingerprint density at radius 3 is 2.65 bits per heavy atom. The predicted octanol–water partition coefficient (Wildman–Crippen LogP) is 3.29. The number of rotatable bonds is 2. The van der Waals surface area contributed by atoms with Gasteiger partial charge in [0.05, 0.1) is 10.7 Å². The van der Waals surface area contributed by atoms with Gasteiger partial charge in [-0.15, -0.1) is 0 Å². The fourth-order valence-electron chi connectivity index (χ4n) is 1.07. The number of amides is 1. The Labute approximate surface area is 108 Å². The smallest absolute Gasteiger partial charge is 0.269 e. The van der Waals surface area contributed by atoms with Gasteiger partial charge in [-0.3, -0.25) is 4.79 Å². The van der Waals surface area contributed by atoms with Crippen molar-refractivity contribution < 1.29 is 9.90 Å². The molecule has 0 aliphatic rings. The van der Waals surface area contributed by atoms with Gasteiger partial charge in [0, 0.05) is 5.02 Å². The van der Waals surface area contributed by atoms with Gasteiger partial charge < -0.3 is 10.4 Å².